The highest BCUT2D eigenvalue weighted by Gasteiger charge is 2.33. The van der Waals surface area contributed by atoms with Gasteiger partial charge in [-0.3, -0.25) is 14.9 Å². The van der Waals surface area contributed by atoms with Crippen LogP contribution in [-0.4, -0.2) is 20.6 Å². The summed E-state index contributed by atoms with van der Waals surface area (Å²) >= 11 is 3.03. The Morgan fingerprint density at radius 2 is 2.22 bits per heavy atom. The van der Waals surface area contributed by atoms with E-state index in [9.17, 15) is 29.2 Å². The first-order valence-electron chi connectivity index (χ1n) is 6.72. The SMILES string of the molecule is CC1CCc2c(Br)c(F)c([N+](=O)[O-])c3c(=O)c(C(=O)O)cn1c23. The van der Waals surface area contributed by atoms with Crippen molar-refractivity contribution in [2.45, 2.75) is 25.8 Å². The van der Waals surface area contributed by atoms with Crippen LogP contribution in [0.4, 0.5) is 10.1 Å². The van der Waals surface area contributed by atoms with Crippen LogP contribution in [0.5, 0.6) is 0 Å². The molecule has 2 aromatic rings. The van der Waals surface area contributed by atoms with E-state index in [1.54, 1.807) is 0 Å². The lowest BCUT2D eigenvalue weighted by Gasteiger charge is -2.27. The molecule has 0 radical (unpaired) electrons. The summed E-state index contributed by atoms with van der Waals surface area (Å²) in [5.74, 6) is -2.66. The van der Waals surface area contributed by atoms with Gasteiger partial charge in [0.15, 0.2) is 0 Å². The number of rotatable bonds is 2. The number of carboxylic acids is 1. The van der Waals surface area contributed by atoms with Gasteiger partial charge in [0.05, 0.1) is 14.9 Å². The van der Waals surface area contributed by atoms with Gasteiger partial charge < -0.3 is 9.67 Å². The molecule has 0 bridgehead atoms. The van der Waals surface area contributed by atoms with Gasteiger partial charge in [0.1, 0.15) is 10.9 Å². The predicted molar refractivity (Wildman–Crippen MR) is 82.5 cm³/mol. The van der Waals surface area contributed by atoms with Crippen LogP contribution in [0.1, 0.15) is 35.3 Å². The molecule has 1 aliphatic rings. The third-order valence-corrected chi connectivity index (χ3v) is 4.95. The van der Waals surface area contributed by atoms with Gasteiger partial charge in [-0.2, -0.15) is 4.39 Å². The zero-order valence-electron chi connectivity index (χ0n) is 11.8. The Bertz CT molecular complexity index is 953. The molecule has 0 spiro atoms. The number of carbonyl (C=O) groups is 1. The zero-order chi connectivity index (χ0) is 17.0. The molecular formula is C14H10BrFN2O5. The summed E-state index contributed by atoms with van der Waals surface area (Å²) in [4.78, 5) is 34.0. The molecule has 2 heterocycles. The number of pyridine rings is 1. The van der Waals surface area contributed by atoms with Crippen LogP contribution < -0.4 is 5.43 Å². The number of aromatic carboxylic acids is 1. The second-order valence-electron chi connectivity index (χ2n) is 5.41. The second-order valence-corrected chi connectivity index (χ2v) is 6.20. The molecule has 120 valence electrons. The summed E-state index contributed by atoms with van der Waals surface area (Å²) in [6.07, 6.45) is 2.20. The zero-order valence-corrected chi connectivity index (χ0v) is 13.4. The molecule has 1 aromatic carbocycles. The molecule has 1 atom stereocenters. The largest absolute Gasteiger partial charge is 0.477 e. The first-order chi connectivity index (χ1) is 10.8. The quantitative estimate of drug-likeness (QED) is 0.633. The van der Waals surface area contributed by atoms with Gasteiger partial charge >= 0.3 is 11.7 Å². The highest BCUT2D eigenvalue weighted by Crippen LogP contribution is 2.41. The summed E-state index contributed by atoms with van der Waals surface area (Å²) in [5.41, 5.74) is -1.99. The number of hydrogen-bond donors (Lipinski definition) is 1. The van der Waals surface area contributed by atoms with Crippen LogP contribution >= 0.6 is 15.9 Å². The standard InChI is InChI=1S/C14H10BrFN2O5/c1-5-2-3-6-9(15)10(16)12(18(22)23)8-11(6)17(5)4-7(13(8)19)14(20)21/h4-5H,2-3H2,1H3,(H,20,21). The van der Waals surface area contributed by atoms with Crippen LogP contribution in [0.3, 0.4) is 0 Å². The van der Waals surface area contributed by atoms with Gasteiger partial charge in [-0.25, -0.2) is 4.79 Å². The van der Waals surface area contributed by atoms with Crippen molar-refractivity contribution in [3.63, 3.8) is 0 Å². The molecule has 0 amide bonds. The van der Waals surface area contributed by atoms with E-state index in [1.165, 1.54) is 10.8 Å². The highest BCUT2D eigenvalue weighted by molar-refractivity contribution is 9.10. The van der Waals surface area contributed by atoms with E-state index in [0.29, 0.717) is 18.4 Å². The maximum atomic E-state index is 14.4. The molecule has 0 saturated carbocycles. The molecule has 1 N–H and O–H groups in total. The number of aryl methyl sites for hydroxylation is 1. The van der Waals surface area contributed by atoms with Gasteiger partial charge in [0.25, 0.3) is 0 Å². The monoisotopic (exact) mass is 384 g/mol. The fourth-order valence-corrected chi connectivity index (χ4v) is 3.58. The number of carboxylic acid groups (broad SMARTS) is 1. The van der Waals surface area contributed by atoms with Crippen molar-refractivity contribution in [1.82, 2.24) is 4.57 Å². The molecule has 7 nitrogen and oxygen atoms in total. The summed E-state index contributed by atoms with van der Waals surface area (Å²) in [5, 5.41) is 20.0. The summed E-state index contributed by atoms with van der Waals surface area (Å²) in [7, 11) is 0. The highest BCUT2D eigenvalue weighted by atomic mass is 79.9. The third kappa shape index (κ3) is 2.07. The van der Waals surface area contributed by atoms with E-state index in [1.807, 2.05) is 6.92 Å². The minimum atomic E-state index is -1.50. The van der Waals surface area contributed by atoms with Gasteiger partial charge in [-0.05, 0) is 41.3 Å². The first-order valence-corrected chi connectivity index (χ1v) is 7.51. The van der Waals surface area contributed by atoms with E-state index in [4.69, 9.17) is 0 Å². The van der Waals surface area contributed by atoms with Crippen LogP contribution in [0.2, 0.25) is 0 Å². The Morgan fingerprint density at radius 3 is 2.78 bits per heavy atom. The van der Waals surface area contributed by atoms with Gasteiger partial charge in [0, 0.05) is 12.2 Å². The van der Waals surface area contributed by atoms with E-state index in [2.05, 4.69) is 15.9 Å². The molecule has 23 heavy (non-hydrogen) atoms. The number of benzene rings is 1. The maximum Gasteiger partial charge on any atom is 0.341 e. The molecule has 0 saturated heterocycles. The fourth-order valence-electron chi connectivity index (χ4n) is 3.00. The average molecular weight is 385 g/mol. The summed E-state index contributed by atoms with van der Waals surface area (Å²) in [6, 6.07) is -0.166. The number of aromatic nitrogens is 1. The van der Waals surface area contributed by atoms with Crippen molar-refractivity contribution in [2.24, 2.45) is 0 Å². The Kier molecular flexibility index (Phi) is 3.47. The smallest absolute Gasteiger partial charge is 0.341 e. The molecular weight excluding hydrogens is 375 g/mol. The second kappa shape index (κ2) is 5.12. The molecule has 0 fully saturated rings. The van der Waals surface area contributed by atoms with Crippen LogP contribution in [0, 0.1) is 15.9 Å². The van der Waals surface area contributed by atoms with E-state index < -0.39 is 38.8 Å². The van der Waals surface area contributed by atoms with E-state index >= 15 is 0 Å². The molecule has 9 heteroatoms. The van der Waals surface area contributed by atoms with Crippen molar-refractivity contribution in [3.05, 3.63) is 48.0 Å². The van der Waals surface area contributed by atoms with Crippen molar-refractivity contribution >= 4 is 38.5 Å². The van der Waals surface area contributed by atoms with Crippen LogP contribution in [0.15, 0.2) is 15.5 Å². The van der Waals surface area contributed by atoms with Gasteiger partial charge in [-0.1, -0.05) is 0 Å². The lowest BCUT2D eigenvalue weighted by Crippen LogP contribution is -2.25. The van der Waals surface area contributed by atoms with Crippen molar-refractivity contribution in [1.29, 1.82) is 0 Å². The Hall–Kier alpha value is -2.29. The minimum absolute atomic E-state index is 0.0557. The average Bonchev–Trinajstić information content (AvgIpc) is 2.47. The molecule has 1 unspecified atom stereocenters. The summed E-state index contributed by atoms with van der Waals surface area (Å²) < 4.78 is 15.9. The van der Waals surface area contributed by atoms with Crippen molar-refractivity contribution in [2.75, 3.05) is 0 Å². The first kappa shape index (κ1) is 15.6. The Balaban J connectivity index is 2.69. The third-order valence-electron chi connectivity index (χ3n) is 4.12. The molecule has 1 aliphatic heterocycles. The van der Waals surface area contributed by atoms with Crippen molar-refractivity contribution in [3.8, 4) is 0 Å². The topological polar surface area (TPSA) is 102 Å². The maximum absolute atomic E-state index is 14.4. The molecule has 1 aromatic heterocycles. The van der Waals surface area contributed by atoms with E-state index in [0.717, 1.165) is 0 Å². The van der Waals surface area contributed by atoms with Crippen LogP contribution in [-0.2, 0) is 6.42 Å². The van der Waals surface area contributed by atoms with Crippen molar-refractivity contribution < 1.29 is 19.2 Å². The lowest BCUT2D eigenvalue weighted by molar-refractivity contribution is -0.385. The molecule has 3 rings (SSSR count). The Labute approximate surface area is 136 Å². The number of nitro groups is 1. The lowest BCUT2D eigenvalue weighted by atomic mass is 9.95. The molecule has 0 aliphatic carbocycles. The Morgan fingerprint density at radius 1 is 1.57 bits per heavy atom. The normalized spacial score (nSPS) is 16.6. The summed E-state index contributed by atoms with van der Waals surface area (Å²) in [6.45, 7) is 1.81. The number of nitro benzene ring substituents is 1. The predicted octanol–water partition coefficient (Wildman–Crippen LogP) is 3.02. The van der Waals surface area contributed by atoms with Gasteiger partial charge in [-0.15, -0.1) is 0 Å². The fraction of sp³-hybridized carbons (Fsp3) is 0.286. The van der Waals surface area contributed by atoms with Gasteiger partial charge in [0.2, 0.25) is 11.2 Å². The van der Waals surface area contributed by atoms with E-state index in [-0.39, 0.29) is 16.0 Å². The minimum Gasteiger partial charge on any atom is -0.477 e. The number of nitrogens with zero attached hydrogens (tertiary/aromatic N) is 2. The number of hydrogen-bond acceptors (Lipinski definition) is 4. The number of halogens is 2. The van der Waals surface area contributed by atoms with Crippen LogP contribution in [0.25, 0.3) is 10.9 Å².